The van der Waals surface area contributed by atoms with E-state index in [1.165, 1.54) is 36.9 Å². The van der Waals surface area contributed by atoms with E-state index in [0.29, 0.717) is 0 Å². The lowest BCUT2D eigenvalue weighted by Crippen LogP contribution is -1.78. The number of fused-ring (bicyclic) bond motifs is 3. The van der Waals surface area contributed by atoms with Crippen molar-refractivity contribution >= 4 is 31.5 Å². The first-order chi connectivity index (χ1) is 7.66. The van der Waals surface area contributed by atoms with Gasteiger partial charge in [-0.25, -0.2) is 0 Å². The van der Waals surface area contributed by atoms with Gasteiger partial charge in [0.05, 0.1) is 0 Å². The quantitative estimate of drug-likeness (QED) is 0.507. The molecule has 1 heterocycles. The predicted molar refractivity (Wildman–Crippen MR) is 73.5 cm³/mol. The Hall–Kier alpha value is -1.34. The molecule has 2 aromatic carbocycles. The van der Waals surface area contributed by atoms with E-state index in [1.54, 1.807) is 0 Å². The first-order valence-electron chi connectivity index (χ1n) is 5.56. The van der Waals surface area contributed by atoms with Crippen LogP contribution in [0, 0.1) is 20.8 Å². The Morgan fingerprint density at radius 2 is 1.75 bits per heavy atom. The molecular weight excluding hydrogens is 212 g/mol. The molecule has 0 radical (unpaired) electrons. The van der Waals surface area contributed by atoms with E-state index in [-0.39, 0.29) is 0 Å². The van der Waals surface area contributed by atoms with Crippen LogP contribution in [-0.2, 0) is 0 Å². The number of hydrogen-bond donors (Lipinski definition) is 0. The zero-order valence-electron chi connectivity index (χ0n) is 9.79. The van der Waals surface area contributed by atoms with Crippen LogP contribution in [0.3, 0.4) is 0 Å². The minimum atomic E-state index is 1.35. The second kappa shape index (κ2) is 3.33. The normalized spacial score (nSPS) is 11.4. The topological polar surface area (TPSA) is 0 Å². The lowest BCUT2D eigenvalue weighted by atomic mass is 10.0. The van der Waals surface area contributed by atoms with Crippen molar-refractivity contribution < 1.29 is 0 Å². The summed E-state index contributed by atoms with van der Waals surface area (Å²) in [5.41, 5.74) is 4.14. The van der Waals surface area contributed by atoms with Gasteiger partial charge in [-0.1, -0.05) is 23.8 Å². The average Bonchev–Trinajstić information content (AvgIpc) is 2.58. The summed E-state index contributed by atoms with van der Waals surface area (Å²) in [6.45, 7) is 6.58. The first kappa shape index (κ1) is 9.86. The second-order valence-electron chi connectivity index (χ2n) is 4.51. The molecule has 1 aromatic heterocycles. The molecule has 0 saturated heterocycles. The lowest BCUT2D eigenvalue weighted by Gasteiger charge is -2.00. The highest BCUT2D eigenvalue weighted by Gasteiger charge is 2.08. The van der Waals surface area contributed by atoms with Crippen molar-refractivity contribution in [1.29, 1.82) is 0 Å². The van der Waals surface area contributed by atoms with Crippen LogP contribution < -0.4 is 0 Å². The molecule has 0 fully saturated rings. The third-order valence-corrected chi connectivity index (χ3v) is 4.44. The summed E-state index contributed by atoms with van der Waals surface area (Å²) in [6.07, 6.45) is 0. The Kier molecular flexibility index (Phi) is 2.05. The van der Waals surface area contributed by atoms with E-state index in [9.17, 15) is 0 Å². The van der Waals surface area contributed by atoms with Crippen molar-refractivity contribution in [2.24, 2.45) is 0 Å². The van der Waals surface area contributed by atoms with Crippen LogP contribution in [0.25, 0.3) is 20.2 Å². The number of thiophene rings is 1. The van der Waals surface area contributed by atoms with Gasteiger partial charge in [-0.15, -0.1) is 11.3 Å². The van der Waals surface area contributed by atoms with Crippen LogP contribution in [0.1, 0.15) is 16.7 Å². The van der Waals surface area contributed by atoms with Crippen molar-refractivity contribution in [2.75, 3.05) is 0 Å². The Labute approximate surface area is 99.5 Å². The molecule has 1 heteroatoms. The summed E-state index contributed by atoms with van der Waals surface area (Å²) in [7, 11) is 0. The summed E-state index contributed by atoms with van der Waals surface area (Å²) in [6, 6.07) is 11.2. The molecular formula is C15H14S. The van der Waals surface area contributed by atoms with Crippen molar-refractivity contribution in [2.45, 2.75) is 20.8 Å². The third-order valence-electron chi connectivity index (χ3n) is 3.13. The Bertz CT molecular complexity index is 689. The maximum atomic E-state index is 2.31. The molecule has 0 atom stereocenters. The highest BCUT2D eigenvalue weighted by molar-refractivity contribution is 7.26. The standard InChI is InChI=1S/C15H14S/c1-9-7-11(3)15-12(8-9)14-10(2)5-4-6-13(14)16-15/h4-8H,1-3H3. The molecule has 0 aliphatic heterocycles. The van der Waals surface area contributed by atoms with E-state index in [2.05, 4.69) is 51.1 Å². The molecule has 0 nitrogen and oxygen atoms in total. The van der Waals surface area contributed by atoms with E-state index >= 15 is 0 Å². The van der Waals surface area contributed by atoms with Gasteiger partial charge in [0, 0.05) is 20.2 Å². The summed E-state index contributed by atoms with van der Waals surface area (Å²) in [4.78, 5) is 0. The van der Waals surface area contributed by atoms with Crippen LogP contribution in [0.15, 0.2) is 30.3 Å². The smallest absolute Gasteiger partial charge is 0.0384 e. The van der Waals surface area contributed by atoms with Crippen LogP contribution >= 0.6 is 11.3 Å². The second-order valence-corrected chi connectivity index (χ2v) is 5.56. The van der Waals surface area contributed by atoms with E-state index in [1.807, 2.05) is 11.3 Å². The van der Waals surface area contributed by atoms with Crippen molar-refractivity contribution in [3.8, 4) is 0 Å². The molecule has 0 saturated carbocycles. The number of aryl methyl sites for hydroxylation is 3. The van der Waals surface area contributed by atoms with Gasteiger partial charge in [0.2, 0.25) is 0 Å². The Morgan fingerprint density at radius 1 is 0.938 bits per heavy atom. The Morgan fingerprint density at radius 3 is 2.56 bits per heavy atom. The van der Waals surface area contributed by atoms with Gasteiger partial charge in [-0.2, -0.15) is 0 Å². The molecule has 0 aliphatic rings. The monoisotopic (exact) mass is 226 g/mol. The van der Waals surface area contributed by atoms with Gasteiger partial charge in [0.25, 0.3) is 0 Å². The fraction of sp³-hybridized carbons (Fsp3) is 0.200. The minimum absolute atomic E-state index is 1.35. The fourth-order valence-corrected chi connectivity index (χ4v) is 3.69. The van der Waals surface area contributed by atoms with Crippen LogP contribution in [0.4, 0.5) is 0 Å². The molecule has 0 unspecified atom stereocenters. The highest BCUT2D eigenvalue weighted by atomic mass is 32.1. The van der Waals surface area contributed by atoms with Crippen LogP contribution in [0.5, 0.6) is 0 Å². The van der Waals surface area contributed by atoms with Crippen LogP contribution in [-0.4, -0.2) is 0 Å². The number of rotatable bonds is 0. The van der Waals surface area contributed by atoms with Crippen LogP contribution in [0.2, 0.25) is 0 Å². The summed E-state index contributed by atoms with van der Waals surface area (Å²) in [5.74, 6) is 0. The number of benzene rings is 2. The van der Waals surface area contributed by atoms with E-state index in [4.69, 9.17) is 0 Å². The molecule has 0 amide bonds. The molecule has 0 aliphatic carbocycles. The largest absolute Gasteiger partial charge is 0.135 e. The highest BCUT2D eigenvalue weighted by Crippen LogP contribution is 2.37. The zero-order valence-corrected chi connectivity index (χ0v) is 10.6. The van der Waals surface area contributed by atoms with Crippen molar-refractivity contribution in [1.82, 2.24) is 0 Å². The van der Waals surface area contributed by atoms with Crippen molar-refractivity contribution in [3.05, 3.63) is 47.0 Å². The lowest BCUT2D eigenvalue weighted by molar-refractivity contribution is 1.44. The number of hydrogen-bond acceptors (Lipinski definition) is 1. The molecule has 0 N–H and O–H groups in total. The van der Waals surface area contributed by atoms with E-state index in [0.717, 1.165) is 0 Å². The molecule has 16 heavy (non-hydrogen) atoms. The van der Waals surface area contributed by atoms with Gasteiger partial charge in [0.1, 0.15) is 0 Å². The van der Waals surface area contributed by atoms with Gasteiger partial charge in [0.15, 0.2) is 0 Å². The molecule has 80 valence electrons. The first-order valence-corrected chi connectivity index (χ1v) is 6.37. The summed E-state index contributed by atoms with van der Waals surface area (Å²) >= 11 is 1.91. The van der Waals surface area contributed by atoms with Gasteiger partial charge in [-0.3, -0.25) is 0 Å². The maximum absolute atomic E-state index is 2.31. The van der Waals surface area contributed by atoms with Gasteiger partial charge < -0.3 is 0 Å². The summed E-state index contributed by atoms with van der Waals surface area (Å²) < 4.78 is 2.85. The van der Waals surface area contributed by atoms with Crippen molar-refractivity contribution in [3.63, 3.8) is 0 Å². The zero-order chi connectivity index (χ0) is 11.3. The molecule has 0 bridgehead atoms. The third kappa shape index (κ3) is 1.28. The maximum Gasteiger partial charge on any atom is 0.0384 e. The predicted octanol–water partition coefficient (Wildman–Crippen LogP) is 4.98. The van der Waals surface area contributed by atoms with E-state index < -0.39 is 0 Å². The molecule has 3 aromatic rings. The molecule has 3 rings (SSSR count). The minimum Gasteiger partial charge on any atom is -0.135 e. The Balaban J connectivity index is 2.63. The SMILES string of the molecule is Cc1cc(C)c2sc3cccc(C)c3c2c1. The summed E-state index contributed by atoms with van der Waals surface area (Å²) in [5, 5.41) is 2.87. The van der Waals surface area contributed by atoms with Gasteiger partial charge >= 0.3 is 0 Å². The van der Waals surface area contributed by atoms with Gasteiger partial charge in [-0.05, 0) is 44.0 Å². The fourth-order valence-electron chi connectivity index (χ4n) is 2.46. The molecule has 0 spiro atoms. The average molecular weight is 226 g/mol.